The van der Waals surface area contributed by atoms with Crippen molar-refractivity contribution in [1.29, 1.82) is 0 Å². The summed E-state index contributed by atoms with van der Waals surface area (Å²) in [6.07, 6.45) is 2.10. The van der Waals surface area contributed by atoms with E-state index in [2.05, 4.69) is 20.4 Å². The molecule has 0 bridgehead atoms. The van der Waals surface area contributed by atoms with Crippen molar-refractivity contribution in [3.8, 4) is 0 Å². The van der Waals surface area contributed by atoms with E-state index in [0.717, 1.165) is 24.7 Å². The quantitative estimate of drug-likeness (QED) is 0.615. The van der Waals surface area contributed by atoms with Crippen LogP contribution in [0.4, 0.5) is 0 Å². The summed E-state index contributed by atoms with van der Waals surface area (Å²) < 4.78 is 0. The summed E-state index contributed by atoms with van der Waals surface area (Å²) in [5.74, 6) is 2.07. The average molecular weight is 180 g/mol. The lowest BCUT2D eigenvalue weighted by Gasteiger charge is -2.26. The maximum absolute atomic E-state index is 9.59. The number of aliphatic hydroxyl groups excluding tert-OH is 1. The van der Waals surface area contributed by atoms with E-state index in [1.54, 1.807) is 0 Å². The number of rotatable bonds is 1. The fraction of sp³-hybridized carbons (Fsp3) is 0.833. The Morgan fingerprint density at radius 3 is 2.62 bits per heavy atom. The summed E-state index contributed by atoms with van der Waals surface area (Å²) in [5, 5.41) is 9.59. The van der Waals surface area contributed by atoms with Crippen molar-refractivity contribution in [3.63, 3.8) is 0 Å². The Hall–Kier alpha value is -0.300. The van der Waals surface area contributed by atoms with Crippen LogP contribution in [-0.4, -0.2) is 11.2 Å². The Bertz CT molecular complexity index is 240. The van der Waals surface area contributed by atoms with Gasteiger partial charge in [-0.15, -0.1) is 0 Å². The molecule has 4 atom stereocenters. The van der Waals surface area contributed by atoms with Gasteiger partial charge in [0.25, 0.3) is 0 Å². The van der Waals surface area contributed by atoms with Gasteiger partial charge in [-0.3, -0.25) is 0 Å². The number of fused-ring (bicyclic) bond motifs is 1. The van der Waals surface area contributed by atoms with Gasteiger partial charge in [-0.1, -0.05) is 26.0 Å². The van der Waals surface area contributed by atoms with Gasteiger partial charge in [-0.05, 0) is 37.0 Å². The van der Waals surface area contributed by atoms with Crippen molar-refractivity contribution in [2.75, 3.05) is 0 Å². The first kappa shape index (κ1) is 9.26. The van der Waals surface area contributed by atoms with Crippen LogP contribution in [0, 0.1) is 23.2 Å². The monoisotopic (exact) mass is 180 g/mol. The molecule has 2 aliphatic rings. The predicted octanol–water partition coefficient (Wildman–Crippen LogP) is 2.61. The summed E-state index contributed by atoms with van der Waals surface area (Å²) in [5.41, 5.74) is 1.80. The number of hydrogen-bond donors (Lipinski definition) is 1. The molecule has 2 aliphatic carbocycles. The second-order valence-electron chi connectivity index (χ2n) is 5.48. The molecule has 0 amide bonds. The SMILES string of the molecule is C=C1CC2C(CC1C(C)O)C2(C)C. The standard InChI is InChI=1S/C12H20O/c1-7-5-10-11(12(10,3)4)6-9(7)8(2)13/h8-11,13H,1,5-6H2,2-4H3. The molecule has 4 unspecified atom stereocenters. The Balaban J connectivity index is 2.09. The smallest absolute Gasteiger partial charge is 0.0577 e. The second kappa shape index (κ2) is 2.60. The lowest BCUT2D eigenvalue weighted by atomic mass is 9.82. The van der Waals surface area contributed by atoms with Crippen LogP contribution in [0.25, 0.3) is 0 Å². The van der Waals surface area contributed by atoms with Crippen molar-refractivity contribution in [2.24, 2.45) is 23.2 Å². The van der Waals surface area contributed by atoms with Gasteiger partial charge in [0.05, 0.1) is 6.10 Å². The largest absolute Gasteiger partial charge is 0.393 e. The summed E-state index contributed by atoms with van der Waals surface area (Å²) in [7, 11) is 0. The van der Waals surface area contributed by atoms with E-state index in [9.17, 15) is 5.11 Å². The molecule has 1 nitrogen and oxygen atoms in total. The van der Waals surface area contributed by atoms with Crippen LogP contribution >= 0.6 is 0 Å². The molecule has 0 radical (unpaired) electrons. The maximum Gasteiger partial charge on any atom is 0.0577 e. The summed E-state index contributed by atoms with van der Waals surface area (Å²) in [6, 6.07) is 0. The molecule has 0 aromatic carbocycles. The minimum atomic E-state index is -0.204. The summed E-state index contributed by atoms with van der Waals surface area (Å²) in [4.78, 5) is 0. The van der Waals surface area contributed by atoms with E-state index >= 15 is 0 Å². The normalized spacial score (nSPS) is 44.0. The number of aliphatic hydroxyl groups is 1. The molecular formula is C12H20O. The van der Waals surface area contributed by atoms with Crippen LogP contribution in [0.5, 0.6) is 0 Å². The zero-order valence-corrected chi connectivity index (χ0v) is 8.88. The zero-order chi connectivity index (χ0) is 9.80. The minimum Gasteiger partial charge on any atom is -0.393 e. The first-order valence-electron chi connectivity index (χ1n) is 5.30. The van der Waals surface area contributed by atoms with Gasteiger partial charge in [0.15, 0.2) is 0 Å². The van der Waals surface area contributed by atoms with Crippen LogP contribution in [0.3, 0.4) is 0 Å². The fourth-order valence-corrected chi connectivity index (χ4v) is 3.14. The lowest BCUT2D eigenvalue weighted by molar-refractivity contribution is 0.126. The van der Waals surface area contributed by atoms with Gasteiger partial charge < -0.3 is 5.11 Å². The minimum absolute atomic E-state index is 0.204. The third kappa shape index (κ3) is 1.25. The van der Waals surface area contributed by atoms with Crippen molar-refractivity contribution < 1.29 is 5.11 Å². The molecule has 0 aromatic rings. The van der Waals surface area contributed by atoms with Gasteiger partial charge >= 0.3 is 0 Å². The molecule has 2 saturated carbocycles. The van der Waals surface area contributed by atoms with E-state index in [1.807, 2.05) is 6.92 Å². The zero-order valence-electron chi connectivity index (χ0n) is 8.88. The fourth-order valence-electron chi connectivity index (χ4n) is 3.14. The van der Waals surface area contributed by atoms with Crippen LogP contribution in [0.2, 0.25) is 0 Å². The molecule has 1 N–H and O–H groups in total. The van der Waals surface area contributed by atoms with Gasteiger partial charge in [0.1, 0.15) is 0 Å². The van der Waals surface area contributed by atoms with Crippen molar-refractivity contribution in [2.45, 2.75) is 39.7 Å². The topological polar surface area (TPSA) is 20.2 Å². The highest BCUT2D eigenvalue weighted by Crippen LogP contribution is 2.66. The first-order chi connectivity index (χ1) is 5.94. The second-order valence-corrected chi connectivity index (χ2v) is 5.48. The molecule has 0 spiro atoms. The van der Waals surface area contributed by atoms with E-state index in [-0.39, 0.29) is 6.10 Å². The van der Waals surface area contributed by atoms with Gasteiger partial charge in [0.2, 0.25) is 0 Å². The third-order valence-corrected chi connectivity index (χ3v) is 4.38. The molecule has 0 aliphatic heterocycles. The van der Waals surface area contributed by atoms with Crippen LogP contribution < -0.4 is 0 Å². The molecule has 0 aromatic heterocycles. The molecule has 2 rings (SSSR count). The Morgan fingerprint density at radius 1 is 1.46 bits per heavy atom. The van der Waals surface area contributed by atoms with E-state index < -0.39 is 0 Å². The number of hydrogen-bond acceptors (Lipinski definition) is 1. The lowest BCUT2D eigenvalue weighted by Crippen LogP contribution is -2.22. The molecule has 2 fully saturated rings. The Kier molecular flexibility index (Phi) is 1.85. The molecular weight excluding hydrogens is 160 g/mol. The van der Waals surface area contributed by atoms with E-state index in [4.69, 9.17) is 0 Å². The van der Waals surface area contributed by atoms with Crippen LogP contribution in [0.1, 0.15) is 33.6 Å². The third-order valence-electron chi connectivity index (χ3n) is 4.38. The van der Waals surface area contributed by atoms with Crippen LogP contribution in [-0.2, 0) is 0 Å². The highest BCUT2D eigenvalue weighted by molar-refractivity contribution is 5.20. The summed E-state index contributed by atoms with van der Waals surface area (Å²) in [6.45, 7) is 10.7. The molecule has 74 valence electrons. The molecule has 13 heavy (non-hydrogen) atoms. The molecule has 1 heteroatoms. The van der Waals surface area contributed by atoms with Gasteiger partial charge in [-0.2, -0.15) is 0 Å². The van der Waals surface area contributed by atoms with Gasteiger partial charge in [0, 0.05) is 5.92 Å². The van der Waals surface area contributed by atoms with Crippen molar-refractivity contribution in [1.82, 2.24) is 0 Å². The highest BCUT2D eigenvalue weighted by atomic mass is 16.3. The average Bonchev–Trinajstić information content (AvgIpc) is 2.52. The first-order valence-corrected chi connectivity index (χ1v) is 5.30. The van der Waals surface area contributed by atoms with Crippen molar-refractivity contribution in [3.05, 3.63) is 12.2 Å². The Labute approximate surface area is 80.8 Å². The maximum atomic E-state index is 9.59. The molecule has 0 heterocycles. The molecule has 0 saturated heterocycles. The van der Waals surface area contributed by atoms with Crippen LogP contribution in [0.15, 0.2) is 12.2 Å². The van der Waals surface area contributed by atoms with Crippen molar-refractivity contribution >= 4 is 0 Å². The van der Waals surface area contributed by atoms with Gasteiger partial charge in [-0.25, -0.2) is 0 Å². The van der Waals surface area contributed by atoms with E-state index in [1.165, 1.54) is 5.57 Å². The van der Waals surface area contributed by atoms with E-state index in [0.29, 0.717) is 11.3 Å². The highest BCUT2D eigenvalue weighted by Gasteiger charge is 2.60. The summed E-state index contributed by atoms with van der Waals surface area (Å²) >= 11 is 0. The Morgan fingerprint density at radius 2 is 2.08 bits per heavy atom. The predicted molar refractivity (Wildman–Crippen MR) is 54.3 cm³/mol.